The molecule has 7 heteroatoms. The summed E-state index contributed by atoms with van der Waals surface area (Å²) in [6.45, 7) is 2.23. The van der Waals surface area contributed by atoms with Gasteiger partial charge in [0.1, 0.15) is 0 Å². The van der Waals surface area contributed by atoms with Crippen molar-refractivity contribution >= 4 is 28.6 Å². The van der Waals surface area contributed by atoms with E-state index in [4.69, 9.17) is 4.74 Å². The van der Waals surface area contributed by atoms with E-state index < -0.39 is 9.76 Å². The van der Waals surface area contributed by atoms with Crippen LogP contribution < -0.4 is 0 Å². The van der Waals surface area contributed by atoms with Crippen LogP contribution in [0.5, 0.6) is 0 Å². The average Bonchev–Trinajstić information content (AvgIpc) is 2.90. The summed E-state index contributed by atoms with van der Waals surface area (Å²) < 4.78 is 42.9. The Morgan fingerprint density at radius 1 is 1.30 bits per heavy atom. The van der Waals surface area contributed by atoms with Crippen molar-refractivity contribution in [3.05, 3.63) is 45.0 Å². The predicted octanol–water partition coefficient (Wildman–Crippen LogP) is 4.99. The Bertz CT molecular complexity index is 717. The number of hydrogen-bond donors (Lipinski definition) is 0. The molecule has 0 spiro atoms. The van der Waals surface area contributed by atoms with Gasteiger partial charge in [0.25, 0.3) is 0 Å². The quantitative estimate of drug-likeness (QED) is 0.438. The summed E-state index contributed by atoms with van der Waals surface area (Å²) in [4.78, 5) is 14.7. The van der Waals surface area contributed by atoms with E-state index in [-0.39, 0.29) is 36.4 Å². The highest BCUT2D eigenvalue weighted by Crippen LogP contribution is 2.47. The van der Waals surface area contributed by atoms with Crippen LogP contribution >= 0.6 is 22.6 Å². The van der Waals surface area contributed by atoms with E-state index >= 15 is 0 Å². The molecule has 1 aromatic carbocycles. The molecule has 0 aromatic heterocycles. The van der Waals surface area contributed by atoms with Crippen LogP contribution in [0.2, 0.25) is 0 Å². The molecular weight excluding hydrogens is 470 g/mol. The van der Waals surface area contributed by atoms with Crippen molar-refractivity contribution < 1.29 is 22.7 Å². The summed E-state index contributed by atoms with van der Waals surface area (Å²) in [5.41, 5.74) is 2.26. The van der Waals surface area contributed by atoms with Crippen LogP contribution in [-0.4, -0.2) is 42.8 Å². The molecule has 2 saturated heterocycles. The lowest BCUT2D eigenvalue weighted by Crippen LogP contribution is -2.51. The Balaban J connectivity index is 1.87. The molecule has 148 valence electrons. The van der Waals surface area contributed by atoms with Gasteiger partial charge >= 0.3 is 12.1 Å². The van der Waals surface area contributed by atoms with Crippen molar-refractivity contribution in [3.8, 4) is 0 Å². The Morgan fingerprint density at radius 2 is 1.96 bits per heavy atom. The van der Waals surface area contributed by atoms with Crippen molar-refractivity contribution in [1.29, 1.82) is 0 Å². The third-order valence-electron chi connectivity index (χ3n) is 5.80. The van der Waals surface area contributed by atoms with E-state index in [1.54, 1.807) is 0 Å². The van der Waals surface area contributed by atoms with Gasteiger partial charge in [-0.3, -0.25) is 9.69 Å². The summed E-state index contributed by atoms with van der Waals surface area (Å²) >= 11 is 1.34. The molecule has 2 fully saturated rings. The van der Waals surface area contributed by atoms with E-state index in [0.29, 0.717) is 0 Å². The molecule has 27 heavy (non-hydrogen) atoms. The van der Waals surface area contributed by atoms with Crippen molar-refractivity contribution in [2.45, 2.75) is 50.4 Å². The van der Waals surface area contributed by atoms with Crippen molar-refractivity contribution in [3.63, 3.8) is 0 Å². The number of aryl methyl sites for hydroxylation is 1. The highest BCUT2D eigenvalue weighted by atomic mass is 127. The lowest BCUT2D eigenvalue weighted by molar-refractivity contribution is -0.150. The van der Waals surface area contributed by atoms with Crippen LogP contribution in [0, 0.1) is 12.8 Å². The average molecular weight is 493 g/mol. The summed E-state index contributed by atoms with van der Waals surface area (Å²) in [5, 5.41) is 0. The second kappa shape index (κ2) is 8.11. The second-order valence-corrected chi connectivity index (χ2v) is 8.51. The Morgan fingerprint density at radius 3 is 2.56 bits per heavy atom. The van der Waals surface area contributed by atoms with Crippen molar-refractivity contribution in [2.75, 3.05) is 13.7 Å². The molecule has 3 nitrogen and oxygen atoms in total. The summed E-state index contributed by atoms with van der Waals surface area (Å²) in [6.07, 6.45) is -0.621. The molecule has 0 saturated carbocycles. The molecule has 2 heterocycles. The maximum absolute atomic E-state index is 12.8. The Hall–Kier alpha value is -1.09. The fourth-order valence-corrected chi connectivity index (χ4v) is 4.71. The van der Waals surface area contributed by atoms with Gasteiger partial charge in [0, 0.05) is 24.5 Å². The number of halogens is 4. The third-order valence-corrected chi connectivity index (χ3v) is 6.85. The van der Waals surface area contributed by atoms with E-state index in [1.807, 2.05) is 19.1 Å². The zero-order valence-electron chi connectivity index (χ0n) is 15.3. The van der Waals surface area contributed by atoms with Crippen molar-refractivity contribution in [1.82, 2.24) is 4.90 Å². The number of allylic oxidation sites excluding steroid dienone is 1. The first-order valence-electron chi connectivity index (χ1n) is 9.05. The molecule has 0 radical (unpaired) electrons. The third kappa shape index (κ3) is 4.34. The number of hydrogen-bond acceptors (Lipinski definition) is 3. The molecule has 3 rings (SSSR count). The number of fused-ring (bicyclic) bond motifs is 2. The number of carbonyl (C=O) groups excluding carboxylic acids is 1. The van der Waals surface area contributed by atoms with Gasteiger partial charge in [-0.2, -0.15) is 13.2 Å². The molecule has 0 unspecified atom stereocenters. The maximum Gasteiger partial charge on any atom is 0.421 e. The molecule has 0 N–H and O–H groups in total. The van der Waals surface area contributed by atoms with E-state index in [2.05, 4.69) is 17.0 Å². The van der Waals surface area contributed by atoms with Gasteiger partial charge in [0.05, 0.1) is 16.6 Å². The number of esters is 1. The van der Waals surface area contributed by atoms with Gasteiger partial charge in [-0.05, 0) is 54.3 Å². The first kappa shape index (κ1) is 20.6. The molecule has 2 bridgehead atoms. The topological polar surface area (TPSA) is 29.5 Å². The van der Waals surface area contributed by atoms with Crippen LogP contribution in [-0.2, 0) is 9.53 Å². The monoisotopic (exact) mass is 493 g/mol. The number of ether oxygens (including phenoxy) is 1. The largest absolute Gasteiger partial charge is 0.469 e. The molecule has 0 amide bonds. The van der Waals surface area contributed by atoms with Gasteiger partial charge < -0.3 is 4.74 Å². The standard InChI is InChI=1S/C20H23F3INO2/c1-12-3-5-13(6-4-12)15-11-14-7-8-16(18(15)19(26)27-2)25(14)10-9-17(24)20(21,22)23/h3-6,9,14-16,18H,7-8,10-11H2,1-2H3/b17-9-/t14-,15+,16+,18-/m0/s1. The van der Waals surface area contributed by atoms with Gasteiger partial charge in [-0.25, -0.2) is 0 Å². The molecule has 0 aliphatic carbocycles. The van der Waals surface area contributed by atoms with Crippen LogP contribution in [0.25, 0.3) is 0 Å². The molecule has 4 atom stereocenters. The smallest absolute Gasteiger partial charge is 0.421 e. The summed E-state index contributed by atoms with van der Waals surface area (Å²) in [5.74, 6) is -0.587. The SMILES string of the molecule is COC(=O)[C@H]1[C@@H](c2ccc(C)cc2)C[C@@H]2CC[C@H]1N2C/C=C(\I)C(F)(F)F. The minimum absolute atomic E-state index is 0.0393. The minimum atomic E-state index is -4.32. The second-order valence-electron chi connectivity index (χ2n) is 7.35. The maximum atomic E-state index is 12.8. The summed E-state index contributed by atoms with van der Waals surface area (Å²) in [7, 11) is 1.38. The van der Waals surface area contributed by atoms with Crippen LogP contribution in [0.3, 0.4) is 0 Å². The van der Waals surface area contributed by atoms with E-state index in [0.717, 1.165) is 30.4 Å². The molecule has 1 aromatic rings. The first-order chi connectivity index (χ1) is 12.7. The molecule has 2 aliphatic heterocycles. The first-order valence-corrected chi connectivity index (χ1v) is 10.1. The van der Waals surface area contributed by atoms with E-state index in [9.17, 15) is 18.0 Å². The highest BCUT2D eigenvalue weighted by molar-refractivity contribution is 14.1. The van der Waals surface area contributed by atoms with Crippen LogP contribution in [0.1, 0.15) is 36.3 Å². The van der Waals surface area contributed by atoms with Crippen molar-refractivity contribution in [2.24, 2.45) is 5.92 Å². The highest BCUT2D eigenvalue weighted by Gasteiger charge is 2.50. The molecule has 2 aliphatic rings. The summed E-state index contributed by atoms with van der Waals surface area (Å²) in [6, 6.07) is 8.28. The normalized spacial score (nSPS) is 29.0. The number of alkyl halides is 3. The number of nitrogens with zero attached hydrogens (tertiary/aromatic N) is 1. The Kier molecular flexibility index (Phi) is 6.20. The Labute approximate surface area is 171 Å². The fraction of sp³-hybridized carbons (Fsp3) is 0.550. The fourth-order valence-electron chi connectivity index (χ4n) is 4.51. The van der Waals surface area contributed by atoms with Gasteiger partial charge in [-0.15, -0.1) is 0 Å². The zero-order chi connectivity index (χ0) is 19.8. The molecular formula is C20H23F3INO2. The van der Waals surface area contributed by atoms with Crippen LogP contribution in [0.4, 0.5) is 13.2 Å². The van der Waals surface area contributed by atoms with Crippen LogP contribution in [0.15, 0.2) is 33.9 Å². The zero-order valence-corrected chi connectivity index (χ0v) is 17.5. The van der Waals surface area contributed by atoms with Gasteiger partial charge in [0.15, 0.2) is 0 Å². The number of piperidine rings is 1. The minimum Gasteiger partial charge on any atom is -0.469 e. The lowest BCUT2D eigenvalue weighted by atomic mass is 9.76. The van der Waals surface area contributed by atoms with Gasteiger partial charge in [0.2, 0.25) is 0 Å². The van der Waals surface area contributed by atoms with Gasteiger partial charge in [-0.1, -0.05) is 35.9 Å². The number of carbonyl (C=O) groups is 1. The lowest BCUT2D eigenvalue weighted by Gasteiger charge is -2.43. The van der Waals surface area contributed by atoms with E-state index in [1.165, 1.54) is 35.8 Å². The number of benzene rings is 1. The number of rotatable bonds is 4. The predicted molar refractivity (Wildman–Crippen MR) is 106 cm³/mol. The number of methoxy groups -OCH3 is 1.